The molecule has 0 saturated heterocycles. The van der Waals surface area contributed by atoms with E-state index in [0.717, 1.165) is 33.1 Å². The molecule has 1 aromatic heterocycles. The number of carbonyl (C=O) groups excluding carboxylic acids is 1. The lowest BCUT2D eigenvalue weighted by Gasteiger charge is -2.05. The van der Waals surface area contributed by atoms with Crippen LogP contribution >= 0.6 is 15.9 Å². The van der Waals surface area contributed by atoms with Crippen LogP contribution in [0.3, 0.4) is 0 Å². The highest BCUT2D eigenvalue weighted by molar-refractivity contribution is 9.10. The first-order valence-corrected chi connectivity index (χ1v) is 11.5. The van der Waals surface area contributed by atoms with Gasteiger partial charge in [-0.3, -0.25) is 4.79 Å². The maximum absolute atomic E-state index is 12.3. The number of nitrogens with zero attached hydrogens (tertiary/aromatic N) is 1. The molecule has 1 N–H and O–H groups in total. The first kappa shape index (κ1) is 22.0. The summed E-state index contributed by atoms with van der Waals surface area (Å²) < 4.78 is 6.86. The minimum absolute atomic E-state index is 0.177. The molecule has 162 valence electrons. The molecule has 0 fully saturated rings. The number of halogens is 1. The first-order valence-electron chi connectivity index (χ1n) is 10.7. The number of fused-ring (bicyclic) bond motifs is 1. The fourth-order valence-electron chi connectivity index (χ4n) is 3.42. The van der Waals surface area contributed by atoms with Crippen molar-refractivity contribution in [3.05, 3.63) is 87.9 Å². The lowest BCUT2D eigenvalue weighted by atomic mass is 10.0. The molecular weight excluding hydrogens is 464 g/mol. The van der Waals surface area contributed by atoms with Crippen molar-refractivity contribution in [3.8, 4) is 11.5 Å². The van der Waals surface area contributed by atoms with Gasteiger partial charge in [-0.15, -0.1) is 0 Å². The first-order chi connectivity index (χ1) is 15.4. The third kappa shape index (κ3) is 5.00. The van der Waals surface area contributed by atoms with Crippen LogP contribution in [-0.2, 0) is 11.2 Å². The Balaban J connectivity index is 1.44. The minimum Gasteiger partial charge on any atom is -0.435 e. The van der Waals surface area contributed by atoms with E-state index in [1.165, 1.54) is 11.1 Å². The molecule has 32 heavy (non-hydrogen) atoms. The van der Waals surface area contributed by atoms with Crippen molar-refractivity contribution in [2.24, 2.45) is 0 Å². The van der Waals surface area contributed by atoms with E-state index in [0.29, 0.717) is 17.5 Å². The van der Waals surface area contributed by atoms with E-state index < -0.39 is 0 Å². The van der Waals surface area contributed by atoms with Gasteiger partial charge in [0, 0.05) is 17.3 Å². The van der Waals surface area contributed by atoms with E-state index in [9.17, 15) is 4.79 Å². The molecule has 0 unspecified atom stereocenters. The molecule has 0 radical (unpaired) electrons. The molecule has 0 aliphatic rings. The molecule has 1 amide bonds. The Morgan fingerprint density at radius 1 is 1.09 bits per heavy atom. The van der Waals surface area contributed by atoms with Crippen LogP contribution < -0.4 is 5.32 Å². The number of anilines is 1. The highest BCUT2D eigenvalue weighted by Crippen LogP contribution is 2.31. The zero-order chi connectivity index (χ0) is 22.7. The van der Waals surface area contributed by atoms with Crippen LogP contribution in [-0.4, -0.2) is 10.9 Å². The van der Waals surface area contributed by atoms with Gasteiger partial charge in [-0.05, 0) is 87.4 Å². The Morgan fingerprint density at radius 3 is 2.47 bits per heavy atom. The van der Waals surface area contributed by atoms with Crippen molar-refractivity contribution < 1.29 is 9.21 Å². The van der Waals surface area contributed by atoms with Gasteiger partial charge < -0.3 is 9.73 Å². The Labute approximate surface area is 196 Å². The summed E-state index contributed by atoms with van der Waals surface area (Å²) in [4.78, 5) is 16.9. The van der Waals surface area contributed by atoms with Crippen molar-refractivity contribution >= 4 is 44.7 Å². The maximum Gasteiger partial charge on any atom is 0.248 e. The molecule has 4 rings (SSSR count). The van der Waals surface area contributed by atoms with E-state index in [-0.39, 0.29) is 5.91 Å². The summed E-state index contributed by atoms with van der Waals surface area (Å²) in [5.41, 5.74) is 6.61. The van der Waals surface area contributed by atoms with Crippen LogP contribution in [0.5, 0.6) is 0 Å². The fraction of sp³-hybridized carbons (Fsp3) is 0.185. The number of aromatic nitrogens is 1. The average Bonchev–Trinajstić information content (AvgIpc) is 3.23. The normalized spacial score (nSPS) is 11.5. The lowest BCUT2D eigenvalue weighted by Crippen LogP contribution is -2.07. The quantitative estimate of drug-likeness (QED) is 0.284. The third-order valence-electron chi connectivity index (χ3n) is 5.34. The highest BCUT2D eigenvalue weighted by Gasteiger charge is 2.12. The number of amides is 1. The number of oxazole rings is 1. The Bertz CT molecular complexity index is 1270. The largest absolute Gasteiger partial charge is 0.435 e. The van der Waals surface area contributed by atoms with Crippen molar-refractivity contribution in [1.29, 1.82) is 0 Å². The average molecular weight is 489 g/mol. The van der Waals surface area contributed by atoms with Gasteiger partial charge in [-0.2, -0.15) is 0 Å². The van der Waals surface area contributed by atoms with E-state index in [1.54, 1.807) is 6.08 Å². The molecule has 3 aromatic carbocycles. The van der Waals surface area contributed by atoms with Gasteiger partial charge >= 0.3 is 0 Å². The second kappa shape index (κ2) is 9.53. The molecular formula is C27H25BrN2O2. The van der Waals surface area contributed by atoms with Crippen molar-refractivity contribution in [2.75, 3.05) is 5.32 Å². The molecule has 0 aliphatic heterocycles. The number of benzene rings is 3. The van der Waals surface area contributed by atoms with Crippen molar-refractivity contribution in [1.82, 2.24) is 4.98 Å². The summed E-state index contributed by atoms with van der Waals surface area (Å²) in [5.74, 6) is 0.865. The molecule has 0 bridgehead atoms. The number of carbonyl (C=O) groups is 1. The Hall–Kier alpha value is -3.18. The predicted molar refractivity (Wildman–Crippen MR) is 135 cm³/mol. The van der Waals surface area contributed by atoms with Crippen LogP contribution in [0.2, 0.25) is 0 Å². The maximum atomic E-state index is 12.3. The Morgan fingerprint density at radius 2 is 1.81 bits per heavy atom. The number of nitrogens with one attached hydrogen (secondary N) is 1. The van der Waals surface area contributed by atoms with Gasteiger partial charge in [0.15, 0.2) is 5.58 Å². The molecule has 4 nitrogen and oxygen atoms in total. The smallest absolute Gasteiger partial charge is 0.248 e. The molecule has 0 atom stereocenters. The monoisotopic (exact) mass is 488 g/mol. The molecule has 0 saturated carbocycles. The summed E-state index contributed by atoms with van der Waals surface area (Å²) in [5, 5.41) is 2.89. The third-order valence-corrected chi connectivity index (χ3v) is 5.93. The van der Waals surface area contributed by atoms with Crippen LogP contribution in [0, 0.1) is 0 Å². The summed E-state index contributed by atoms with van der Waals surface area (Å²) in [6, 6.07) is 19.8. The second-order valence-electron chi connectivity index (χ2n) is 8.02. The van der Waals surface area contributed by atoms with Gasteiger partial charge in [-0.25, -0.2) is 4.98 Å². The van der Waals surface area contributed by atoms with Crippen LogP contribution in [0.4, 0.5) is 5.69 Å². The van der Waals surface area contributed by atoms with Gasteiger partial charge in [0.1, 0.15) is 5.52 Å². The molecule has 4 aromatic rings. The van der Waals surface area contributed by atoms with E-state index in [4.69, 9.17) is 4.42 Å². The zero-order valence-electron chi connectivity index (χ0n) is 18.4. The number of hydrogen-bond donors (Lipinski definition) is 1. The number of rotatable bonds is 6. The van der Waals surface area contributed by atoms with Gasteiger partial charge in [0.05, 0.1) is 4.47 Å². The summed E-state index contributed by atoms with van der Waals surface area (Å²) >= 11 is 3.57. The highest BCUT2D eigenvalue weighted by atomic mass is 79.9. The van der Waals surface area contributed by atoms with E-state index in [1.807, 2.05) is 48.5 Å². The van der Waals surface area contributed by atoms with Gasteiger partial charge in [0.2, 0.25) is 11.8 Å². The second-order valence-corrected chi connectivity index (χ2v) is 8.87. The SMILES string of the molecule is CCc1cc(Br)c2oc(-c3ccc(NC(=O)/C=C/c4ccc(C(C)C)cc4)cc3)nc2c1. The lowest BCUT2D eigenvalue weighted by molar-refractivity contribution is -0.111. The van der Waals surface area contributed by atoms with E-state index >= 15 is 0 Å². The Kier molecular flexibility index (Phi) is 6.56. The number of hydrogen-bond acceptors (Lipinski definition) is 3. The predicted octanol–water partition coefficient (Wildman–Crippen LogP) is 7.60. The standard InChI is InChI=1S/C27H25BrN2O2/c1-4-18-15-23(28)26-24(16-18)30-27(32-26)21-10-12-22(13-11-21)29-25(31)14-7-19-5-8-20(9-6-19)17(2)3/h5-17H,4H2,1-3H3,(H,29,31)/b14-7+. The summed E-state index contributed by atoms with van der Waals surface area (Å²) in [7, 11) is 0. The van der Waals surface area contributed by atoms with Gasteiger partial charge in [0.25, 0.3) is 0 Å². The molecule has 0 aliphatic carbocycles. The van der Waals surface area contributed by atoms with E-state index in [2.05, 4.69) is 65.2 Å². The summed E-state index contributed by atoms with van der Waals surface area (Å²) in [6.45, 7) is 6.43. The zero-order valence-corrected chi connectivity index (χ0v) is 19.9. The number of aryl methyl sites for hydroxylation is 1. The van der Waals surface area contributed by atoms with Crippen LogP contribution in [0.15, 0.2) is 75.6 Å². The van der Waals surface area contributed by atoms with Crippen molar-refractivity contribution in [2.45, 2.75) is 33.1 Å². The fourth-order valence-corrected chi connectivity index (χ4v) is 4.00. The molecule has 5 heteroatoms. The summed E-state index contributed by atoms with van der Waals surface area (Å²) in [6.07, 6.45) is 4.29. The van der Waals surface area contributed by atoms with Crippen molar-refractivity contribution in [3.63, 3.8) is 0 Å². The van der Waals surface area contributed by atoms with Crippen LogP contribution in [0.1, 0.15) is 43.4 Å². The minimum atomic E-state index is -0.177. The molecule has 1 heterocycles. The topological polar surface area (TPSA) is 55.1 Å². The van der Waals surface area contributed by atoms with Gasteiger partial charge in [-0.1, -0.05) is 45.0 Å². The molecule has 0 spiro atoms. The van der Waals surface area contributed by atoms with Crippen LogP contribution in [0.25, 0.3) is 28.6 Å².